The number of hydrogen-bond donors (Lipinski definition) is 1. The van der Waals surface area contributed by atoms with Crippen LogP contribution in [0.4, 0.5) is 4.79 Å². The minimum absolute atomic E-state index is 0.0950. The maximum atomic E-state index is 12.4. The lowest BCUT2D eigenvalue weighted by Gasteiger charge is -2.20. The predicted molar refractivity (Wildman–Crippen MR) is 150 cm³/mol. The molecule has 2 saturated heterocycles. The Morgan fingerprint density at radius 2 is 2.00 bits per heavy atom. The second-order valence-electron chi connectivity index (χ2n) is 10.6. The summed E-state index contributed by atoms with van der Waals surface area (Å²) < 4.78 is 19.5. The van der Waals surface area contributed by atoms with E-state index in [0.717, 1.165) is 41.1 Å². The van der Waals surface area contributed by atoms with Crippen LogP contribution < -0.4 is 15.9 Å². The summed E-state index contributed by atoms with van der Waals surface area (Å²) in [6.45, 7) is 6.85. The van der Waals surface area contributed by atoms with Gasteiger partial charge < -0.3 is 19.5 Å². The number of amides is 1. The van der Waals surface area contributed by atoms with Crippen LogP contribution in [-0.2, 0) is 38.6 Å². The van der Waals surface area contributed by atoms with Crippen molar-refractivity contribution in [2.24, 2.45) is 5.92 Å². The average Bonchev–Trinajstić information content (AvgIpc) is 3.43. The lowest BCUT2D eigenvalue weighted by Crippen LogP contribution is -2.29. The smallest absolute Gasteiger partial charge is 0.407 e. The molecule has 0 spiro atoms. The Kier molecular flexibility index (Phi) is 8.34. The highest BCUT2D eigenvalue weighted by Gasteiger charge is 2.61. The zero-order valence-electron chi connectivity index (χ0n) is 22.2. The Balaban J connectivity index is 1.11. The second kappa shape index (κ2) is 11.8. The molecule has 0 bridgehead atoms. The number of esters is 1. The van der Waals surface area contributed by atoms with Crippen molar-refractivity contribution in [1.29, 1.82) is 0 Å². The Labute approximate surface area is 240 Å². The molecule has 2 fully saturated rings. The Morgan fingerprint density at radius 3 is 2.75 bits per heavy atom. The summed E-state index contributed by atoms with van der Waals surface area (Å²) in [5.41, 5.74) is 2.42. The van der Waals surface area contributed by atoms with Crippen LogP contribution in [0.5, 0.6) is 0 Å². The van der Waals surface area contributed by atoms with E-state index in [1.165, 1.54) is 8.52 Å². The van der Waals surface area contributed by atoms with Gasteiger partial charge in [-0.3, -0.25) is 4.79 Å². The number of carbonyl (C=O) groups is 2. The number of allylic oxidation sites excluding steroid dienone is 1. The fraction of sp³-hybridized carbons (Fsp3) is 0.500. The molecular formula is C28H32ClN3O7S. The summed E-state index contributed by atoms with van der Waals surface area (Å²) in [7, 11) is 0. The molecular weight excluding hydrogens is 558 g/mol. The highest BCUT2D eigenvalue weighted by atomic mass is 35.5. The van der Waals surface area contributed by atoms with Crippen molar-refractivity contribution < 1.29 is 23.8 Å². The van der Waals surface area contributed by atoms with Crippen LogP contribution in [0.15, 0.2) is 57.7 Å². The molecule has 1 aliphatic carbocycles. The van der Waals surface area contributed by atoms with E-state index in [9.17, 15) is 19.2 Å². The largest absolute Gasteiger partial charge is 0.455 e. The van der Waals surface area contributed by atoms with E-state index in [0.29, 0.717) is 25.0 Å². The number of benzene rings is 1. The number of alkyl halides is 1. The molecule has 5 rings (SSSR count). The number of carbonyl (C=O) groups excluding carboxylic acids is 2. The third-order valence-corrected chi connectivity index (χ3v) is 8.87. The van der Waals surface area contributed by atoms with Gasteiger partial charge in [0.1, 0.15) is 18.8 Å². The predicted octanol–water partition coefficient (Wildman–Crippen LogP) is 3.34. The van der Waals surface area contributed by atoms with E-state index in [4.69, 9.17) is 25.8 Å². The summed E-state index contributed by atoms with van der Waals surface area (Å²) in [6.07, 6.45) is 4.07. The number of halogens is 1. The number of alkyl carbamates (subject to hydrolysis) is 1. The highest BCUT2D eigenvalue weighted by Crippen LogP contribution is 2.49. The van der Waals surface area contributed by atoms with Crippen LogP contribution in [0.25, 0.3) is 0 Å². The number of aromatic nitrogens is 2. The number of ether oxygens (including phenoxy) is 3. The zero-order valence-corrected chi connectivity index (χ0v) is 23.8. The summed E-state index contributed by atoms with van der Waals surface area (Å²) in [6, 6.07) is 7.29. The van der Waals surface area contributed by atoms with Crippen LogP contribution in [0.1, 0.15) is 43.7 Å². The minimum atomic E-state index is -0.536. The molecule has 2 aromatic rings. The molecule has 2 aliphatic heterocycles. The number of epoxide rings is 1. The van der Waals surface area contributed by atoms with Gasteiger partial charge in [0.25, 0.3) is 0 Å². The lowest BCUT2D eigenvalue weighted by molar-refractivity contribution is -0.140. The first-order chi connectivity index (χ1) is 19.2. The maximum absolute atomic E-state index is 12.4. The van der Waals surface area contributed by atoms with Crippen LogP contribution in [-0.4, -0.2) is 50.9 Å². The quantitative estimate of drug-likeness (QED) is 0.165. The van der Waals surface area contributed by atoms with E-state index in [1.807, 2.05) is 31.2 Å². The standard InChI is InChI=1S/C28H32ClN3O7S/c1-17-21-10-9-20(4-3-11-28(2)23(39-28)22(21)38-24(17)33)16-37-25(34)30-14-18-5-7-19(8-6-18)15-31-26(35)32(13-12-29)40-27(31)36/h4-8,21-23H,1,3,9-16H2,2H3,(H,30,34)/b20-4+/t21-,22-,23-,28+/m0/s1. The van der Waals surface area contributed by atoms with Crippen molar-refractivity contribution in [3.8, 4) is 0 Å². The van der Waals surface area contributed by atoms with Gasteiger partial charge in [-0.25, -0.2) is 22.9 Å². The summed E-state index contributed by atoms with van der Waals surface area (Å²) in [4.78, 5) is 48.8. The fourth-order valence-electron chi connectivity index (χ4n) is 5.33. The van der Waals surface area contributed by atoms with E-state index in [1.54, 1.807) is 0 Å². The van der Waals surface area contributed by atoms with Crippen molar-refractivity contribution in [1.82, 2.24) is 13.8 Å². The number of fused-ring (bicyclic) bond motifs is 3. The van der Waals surface area contributed by atoms with Gasteiger partial charge in [0, 0.05) is 35.4 Å². The number of rotatable bonds is 8. The molecule has 40 heavy (non-hydrogen) atoms. The van der Waals surface area contributed by atoms with Gasteiger partial charge in [0.2, 0.25) is 0 Å². The first-order valence-corrected chi connectivity index (χ1v) is 14.6. The van der Waals surface area contributed by atoms with Crippen LogP contribution in [0.2, 0.25) is 0 Å². The molecule has 1 aromatic heterocycles. The highest BCUT2D eigenvalue weighted by molar-refractivity contribution is 7.03. The molecule has 214 valence electrons. The Hall–Kier alpha value is -3.15. The van der Waals surface area contributed by atoms with Crippen molar-refractivity contribution in [3.63, 3.8) is 0 Å². The molecule has 3 aliphatic rings. The molecule has 0 saturated carbocycles. The van der Waals surface area contributed by atoms with Crippen LogP contribution in [0.3, 0.4) is 0 Å². The first kappa shape index (κ1) is 28.4. The Morgan fingerprint density at radius 1 is 1.25 bits per heavy atom. The normalized spacial score (nSPS) is 27.1. The number of hydrogen-bond acceptors (Lipinski definition) is 8. The first-order valence-electron chi connectivity index (χ1n) is 13.3. The van der Waals surface area contributed by atoms with E-state index in [-0.39, 0.29) is 65.8 Å². The monoisotopic (exact) mass is 589 g/mol. The van der Waals surface area contributed by atoms with E-state index in [2.05, 4.69) is 18.0 Å². The molecule has 1 aromatic carbocycles. The zero-order chi connectivity index (χ0) is 28.4. The molecule has 1 N–H and O–H groups in total. The minimum Gasteiger partial charge on any atom is -0.455 e. The molecule has 12 heteroatoms. The maximum Gasteiger partial charge on any atom is 0.407 e. The molecule has 3 heterocycles. The van der Waals surface area contributed by atoms with Crippen molar-refractivity contribution in [2.45, 2.75) is 70.1 Å². The Bertz CT molecular complexity index is 1440. The topological polar surface area (TPSA) is 121 Å². The summed E-state index contributed by atoms with van der Waals surface area (Å²) in [5.74, 6) is -0.208. The molecule has 0 radical (unpaired) electrons. The third kappa shape index (κ3) is 6.11. The third-order valence-electron chi connectivity index (χ3n) is 7.77. The number of nitrogens with one attached hydrogen (secondary N) is 1. The lowest BCUT2D eigenvalue weighted by atomic mass is 9.84. The second-order valence-corrected chi connectivity index (χ2v) is 11.9. The van der Waals surface area contributed by atoms with Crippen molar-refractivity contribution >= 4 is 35.2 Å². The van der Waals surface area contributed by atoms with Gasteiger partial charge in [0.05, 0.1) is 18.7 Å². The SMILES string of the molecule is C=C1C(=O)O[C@H]2[C@H]1CC/C(COC(=O)NCc1ccc(Cn3c(=O)sn(CCCl)c3=O)cc1)=C\CC[C@@]1(C)O[C@@H]21. The van der Waals surface area contributed by atoms with E-state index < -0.39 is 6.09 Å². The van der Waals surface area contributed by atoms with Crippen LogP contribution in [0, 0.1) is 5.92 Å². The fourth-order valence-corrected chi connectivity index (χ4v) is 6.38. The average molecular weight is 590 g/mol. The van der Waals surface area contributed by atoms with Gasteiger partial charge in [0.15, 0.2) is 0 Å². The van der Waals surface area contributed by atoms with Gasteiger partial charge >= 0.3 is 22.6 Å². The van der Waals surface area contributed by atoms with Gasteiger partial charge in [-0.2, -0.15) is 0 Å². The number of aryl methyl sites for hydroxylation is 1. The van der Waals surface area contributed by atoms with Gasteiger partial charge in [-0.05, 0) is 49.3 Å². The van der Waals surface area contributed by atoms with Crippen molar-refractivity contribution in [2.75, 3.05) is 12.5 Å². The molecule has 0 unspecified atom stereocenters. The molecule has 10 nitrogen and oxygen atoms in total. The number of nitrogens with zero attached hydrogens (tertiary/aromatic N) is 2. The van der Waals surface area contributed by atoms with Gasteiger partial charge in [-0.1, -0.05) is 36.9 Å². The van der Waals surface area contributed by atoms with Crippen LogP contribution >= 0.6 is 23.1 Å². The van der Waals surface area contributed by atoms with Gasteiger partial charge in [-0.15, -0.1) is 11.6 Å². The summed E-state index contributed by atoms with van der Waals surface area (Å²) >= 11 is 6.55. The molecule has 4 atom stereocenters. The molecule has 1 amide bonds. The summed E-state index contributed by atoms with van der Waals surface area (Å²) in [5, 5.41) is 2.76. The van der Waals surface area contributed by atoms with Crippen molar-refractivity contribution in [3.05, 3.63) is 79.3 Å². The van der Waals surface area contributed by atoms with E-state index >= 15 is 0 Å².